The maximum atomic E-state index is 12.8. The van der Waals surface area contributed by atoms with Crippen LogP contribution >= 0.6 is 24.0 Å². The molecule has 1 amide bonds. The Morgan fingerprint density at radius 3 is 2.65 bits per heavy atom. The third-order valence-corrected chi connectivity index (χ3v) is 4.92. The minimum absolute atomic E-state index is 0.206. The van der Waals surface area contributed by atoms with Crippen LogP contribution in [0.3, 0.4) is 0 Å². The van der Waals surface area contributed by atoms with E-state index in [-0.39, 0.29) is 11.5 Å². The molecular formula is C15H14N4O2S2. The van der Waals surface area contributed by atoms with E-state index in [1.54, 1.807) is 36.4 Å². The summed E-state index contributed by atoms with van der Waals surface area (Å²) in [4.78, 5) is 33.1. The number of likely N-dealkylation sites (N-methyl/N-ethyl adjacent to an activating group) is 1. The molecule has 23 heavy (non-hydrogen) atoms. The minimum atomic E-state index is -0.222. The first-order valence-electron chi connectivity index (χ1n) is 6.80. The molecule has 0 N–H and O–H groups in total. The zero-order valence-corrected chi connectivity index (χ0v) is 14.4. The predicted octanol–water partition coefficient (Wildman–Crippen LogP) is 1.59. The van der Waals surface area contributed by atoms with Crippen LogP contribution in [0.2, 0.25) is 0 Å². The number of thioether (sulfide) groups is 1. The molecule has 2 aromatic heterocycles. The van der Waals surface area contributed by atoms with Crippen LogP contribution in [0.15, 0.2) is 34.1 Å². The quantitative estimate of drug-likeness (QED) is 0.608. The van der Waals surface area contributed by atoms with Crippen molar-refractivity contribution in [1.82, 2.24) is 14.3 Å². The molecule has 1 aliphatic rings. The van der Waals surface area contributed by atoms with Gasteiger partial charge in [0, 0.05) is 27.3 Å². The summed E-state index contributed by atoms with van der Waals surface area (Å²) in [7, 11) is 5.24. The van der Waals surface area contributed by atoms with E-state index in [2.05, 4.69) is 4.98 Å². The third-order valence-electron chi connectivity index (χ3n) is 3.43. The fourth-order valence-electron chi connectivity index (χ4n) is 2.23. The summed E-state index contributed by atoms with van der Waals surface area (Å²) in [6.07, 6.45) is 3.24. The van der Waals surface area contributed by atoms with Crippen molar-refractivity contribution >= 4 is 51.7 Å². The maximum absolute atomic E-state index is 12.8. The molecule has 6 nitrogen and oxygen atoms in total. The Morgan fingerprint density at radius 2 is 2.04 bits per heavy atom. The molecule has 0 saturated carbocycles. The van der Waals surface area contributed by atoms with Crippen molar-refractivity contribution in [2.75, 3.05) is 26.0 Å². The second kappa shape index (κ2) is 5.78. The summed E-state index contributed by atoms with van der Waals surface area (Å²) in [6.45, 7) is 0. The zero-order valence-electron chi connectivity index (χ0n) is 12.8. The summed E-state index contributed by atoms with van der Waals surface area (Å²) in [6, 6.07) is 5.35. The van der Waals surface area contributed by atoms with Crippen molar-refractivity contribution in [3.63, 3.8) is 0 Å². The second-order valence-corrected chi connectivity index (χ2v) is 6.89. The van der Waals surface area contributed by atoms with Crippen molar-refractivity contribution < 1.29 is 4.79 Å². The van der Waals surface area contributed by atoms with Crippen LogP contribution < -0.4 is 10.5 Å². The van der Waals surface area contributed by atoms with Gasteiger partial charge < -0.3 is 4.90 Å². The lowest BCUT2D eigenvalue weighted by molar-refractivity contribution is -0.121. The highest BCUT2D eigenvalue weighted by molar-refractivity contribution is 8.26. The molecule has 0 unspecified atom stereocenters. The Kier molecular flexibility index (Phi) is 3.95. The van der Waals surface area contributed by atoms with Gasteiger partial charge in [0.15, 0.2) is 0 Å². The average Bonchev–Trinajstić information content (AvgIpc) is 2.77. The van der Waals surface area contributed by atoms with Crippen molar-refractivity contribution in [2.24, 2.45) is 0 Å². The first-order valence-corrected chi connectivity index (χ1v) is 8.03. The van der Waals surface area contributed by atoms with Crippen molar-refractivity contribution in [2.45, 2.75) is 0 Å². The van der Waals surface area contributed by atoms with E-state index in [0.717, 1.165) is 0 Å². The van der Waals surface area contributed by atoms with Gasteiger partial charge in [0.1, 0.15) is 15.8 Å². The highest BCUT2D eigenvalue weighted by Gasteiger charge is 2.29. The van der Waals surface area contributed by atoms with Crippen molar-refractivity contribution in [3.8, 4) is 0 Å². The van der Waals surface area contributed by atoms with E-state index < -0.39 is 0 Å². The number of carbonyl (C=O) groups excluding carboxylic acids is 1. The standard InChI is InChI=1S/C15H14N4O2S2/c1-17(2)12-9(8-10-14(21)18(3)15(22)23-10)13(20)19-7-5-4-6-11(19)16-12/h4-8H,1-3H3. The van der Waals surface area contributed by atoms with Crippen LogP contribution in [0.1, 0.15) is 5.56 Å². The SMILES string of the molecule is CN1C(=O)C(=Cc2c(N(C)C)nc3ccccn3c2=O)SC1=S. The molecule has 0 aliphatic carbocycles. The van der Waals surface area contributed by atoms with Gasteiger partial charge in [-0.05, 0) is 18.2 Å². The first kappa shape index (κ1) is 15.7. The van der Waals surface area contributed by atoms with Gasteiger partial charge in [-0.25, -0.2) is 4.98 Å². The minimum Gasteiger partial charge on any atom is -0.362 e. The number of carbonyl (C=O) groups is 1. The molecule has 3 heterocycles. The number of anilines is 1. The van der Waals surface area contributed by atoms with Crippen LogP contribution in [0.5, 0.6) is 0 Å². The molecule has 2 aromatic rings. The van der Waals surface area contributed by atoms with Crippen molar-refractivity contribution in [1.29, 1.82) is 0 Å². The van der Waals surface area contributed by atoms with Gasteiger partial charge in [-0.2, -0.15) is 0 Å². The molecule has 0 spiro atoms. The molecule has 0 atom stereocenters. The summed E-state index contributed by atoms with van der Waals surface area (Å²) in [5.41, 5.74) is 0.703. The number of hydrogen-bond acceptors (Lipinski definition) is 6. The number of hydrogen-bond donors (Lipinski definition) is 0. The van der Waals surface area contributed by atoms with Gasteiger partial charge in [-0.3, -0.25) is 18.9 Å². The lowest BCUT2D eigenvalue weighted by Crippen LogP contribution is -2.24. The highest BCUT2D eigenvalue weighted by Crippen LogP contribution is 2.32. The fraction of sp³-hybridized carbons (Fsp3) is 0.200. The van der Waals surface area contributed by atoms with E-state index in [4.69, 9.17) is 12.2 Å². The van der Waals surface area contributed by atoms with Crippen LogP contribution in [-0.4, -0.2) is 45.7 Å². The molecule has 0 bridgehead atoms. The first-order chi connectivity index (χ1) is 10.9. The molecule has 1 aliphatic heterocycles. The predicted molar refractivity (Wildman–Crippen MR) is 96.7 cm³/mol. The van der Waals surface area contributed by atoms with Gasteiger partial charge in [0.05, 0.1) is 10.5 Å². The Balaban J connectivity index is 2.26. The Hall–Kier alpha value is -2.19. The number of amides is 1. The Bertz CT molecular complexity index is 917. The van der Waals surface area contributed by atoms with E-state index in [0.29, 0.717) is 26.3 Å². The number of aromatic nitrogens is 2. The zero-order chi connectivity index (χ0) is 16.7. The van der Waals surface area contributed by atoms with Crippen LogP contribution in [0.25, 0.3) is 11.7 Å². The maximum Gasteiger partial charge on any atom is 0.267 e. The van der Waals surface area contributed by atoms with E-state index in [1.807, 2.05) is 20.2 Å². The summed E-state index contributed by atoms with van der Waals surface area (Å²) >= 11 is 6.31. The van der Waals surface area contributed by atoms with Gasteiger partial charge in [0.25, 0.3) is 11.5 Å². The van der Waals surface area contributed by atoms with E-state index in [1.165, 1.54) is 21.1 Å². The fourth-order valence-corrected chi connectivity index (χ4v) is 3.40. The number of nitrogens with zero attached hydrogens (tertiary/aromatic N) is 4. The normalized spacial score (nSPS) is 16.7. The number of thiocarbonyl (C=S) groups is 1. The molecular weight excluding hydrogens is 332 g/mol. The molecule has 1 saturated heterocycles. The Labute approximate surface area is 142 Å². The van der Waals surface area contributed by atoms with Crippen molar-refractivity contribution in [3.05, 3.63) is 45.2 Å². The topological polar surface area (TPSA) is 57.9 Å². The smallest absolute Gasteiger partial charge is 0.267 e. The lowest BCUT2D eigenvalue weighted by Gasteiger charge is -2.15. The van der Waals surface area contributed by atoms with Crippen LogP contribution in [0, 0.1) is 0 Å². The monoisotopic (exact) mass is 346 g/mol. The summed E-state index contributed by atoms with van der Waals surface area (Å²) < 4.78 is 1.94. The van der Waals surface area contributed by atoms with Crippen LogP contribution in [-0.2, 0) is 4.79 Å². The molecule has 3 rings (SSSR count). The largest absolute Gasteiger partial charge is 0.362 e. The van der Waals surface area contributed by atoms with Crippen LogP contribution in [0.4, 0.5) is 5.82 Å². The molecule has 118 valence electrons. The third kappa shape index (κ3) is 2.64. The molecule has 0 radical (unpaired) electrons. The number of fused-ring (bicyclic) bond motifs is 1. The van der Waals surface area contributed by atoms with Gasteiger partial charge in [0.2, 0.25) is 0 Å². The summed E-state index contributed by atoms with van der Waals surface area (Å²) in [5, 5.41) is 0. The summed E-state index contributed by atoms with van der Waals surface area (Å²) in [5.74, 6) is 0.310. The number of rotatable bonds is 2. The van der Waals surface area contributed by atoms with Gasteiger partial charge in [-0.1, -0.05) is 30.0 Å². The van der Waals surface area contributed by atoms with E-state index in [9.17, 15) is 9.59 Å². The van der Waals surface area contributed by atoms with Gasteiger partial charge >= 0.3 is 0 Å². The molecule has 0 aromatic carbocycles. The van der Waals surface area contributed by atoms with Gasteiger partial charge in [-0.15, -0.1) is 0 Å². The Morgan fingerprint density at radius 1 is 1.30 bits per heavy atom. The van der Waals surface area contributed by atoms with E-state index >= 15 is 0 Å². The number of pyridine rings is 1. The molecule has 1 fully saturated rings. The highest BCUT2D eigenvalue weighted by atomic mass is 32.2. The average molecular weight is 346 g/mol. The molecule has 8 heteroatoms. The lowest BCUT2D eigenvalue weighted by atomic mass is 10.2. The second-order valence-electron chi connectivity index (χ2n) is 5.22.